The first-order valence-corrected chi connectivity index (χ1v) is 7.94. The van der Waals surface area contributed by atoms with Gasteiger partial charge in [-0.25, -0.2) is 15.0 Å². The molecule has 3 heterocycles. The predicted octanol–water partition coefficient (Wildman–Crippen LogP) is 2.46. The topological polar surface area (TPSA) is 57.7 Å². The molecule has 5 nitrogen and oxygen atoms in total. The van der Waals surface area contributed by atoms with Crippen molar-refractivity contribution in [2.45, 2.75) is 31.4 Å². The number of rotatable bonds is 3. The van der Waals surface area contributed by atoms with Crippen molar-refractivity contribution in [1.29, 1.82) is 0 Å². The fourth-order valence-corrected chi connectivity index (χ4v) is 3.75. The molecule has 1 N–H and O–H groups in total. The molecule has 0 aromatic carbocycles. The summed E-state index contributed by atoms with van der Waals surface area (Å²) in [6, 6.07) is 0. The van der Waals surface area contributed by atoms with Gasteiger partial charge in [0, 0.05) is 18.3 Å². The van der Waals surface area contributed by atoms with Gasteiger partial charge in [-0.3, -0.25) is 0 Å². The third kappa shape index (κ3) is 2.68. The highest BCUT2D eigenvalue weighted by Gasteiger charge is 2.21. The highest BCUT2D eigenvalue weighted by molar-refractivity contribution is 7.99. The lowest BCUT2D eigenvalue weighted by Crippen LogP contribution is -2.30. The predicted molar refractivity (Wildman–Crippen MR) is 79.7 cm³/mol. The molecular formula is C13H19N5S. The monoisotopic (exact) mass is 277 g/mol. The molecule has 2 aromatic heterocycles. The summed E-state index contributed by atoms with van der Waals surface area (Å²) in [7, 11) is 0. The number of nitrogens with one attached hydrogen (secondary N) is 1. The Morgan fingerprint density at radius 3 is 3.21 bits per heavy atom. The highest BCUT2D eigenvalue weighted by atomic mass is 32.2. The molecule has 6 heteroatoms. The van der Waals surface area contributed by atoms with Crippen LogP contribution in [0.2, 0.25) is 0 Å². The summed E-state index contributed by atoms with van der Waals surface area (Å²) in [4.78, 5) is 18.4. The molecule has 3 rings (SSSR count). The third-order valence-corrected chi connectivity index (χ3v) is 4.72. The molecule has 0 radical (unpaired) electrons. The lowest BCUT2D eigenvalue weighted by Gasteiger charge is -2.25. The Balaban J connectivity index is 1.89. The van der Waals surface area contributed by atoms with Gasteiger partial charge in [-0.1, -0.05) is 13.3 Å². The van der Waals surface area contributed by atoms with Crippen molar-refractivity contribution in [2.75, 3.05) is 23.7 Å². The van der Waals surface area contributed by atoms with E-state index in [1.807, 2.05) is 0 Å². The fraction of sp³-hybridized carbons (Fsp3) is 0.615. The third-order valence-electron chi connectivity index (χ3n) is 3.53. The number of thioether (sulfide) groups is 1. The van der Waals surface area contributed by atoms with E-state index in [1.165, 1.54) is 25.0 Å². The number of hydrogen-bond donors (Lipinski definition) is 1. The first-order valence-electron chi connectivity index (χ1n) is 6.89. The molecule has 0 amide bonds. The number of imidazole rings is 1. The Hall–Kier alpha value is -1.30. The van der Waals surface area contributed by atoms with Crippen molar-refractivity contribution in [2.24, 2.45) is 0 Å². The van der Waals surface area contributed by atoms with E-state index < -0.39 is 0 Å². The van der Waals surface area contributed by atoms with Crippen LogP contribution < -0.4 is 4.90 Å². The summed E-state index contributed by atoms with van der Waals surface area (Å²) in [6.07, 6.45) is 7.17. The van der Waals surface area contributed by atoms with Crippen molar-refractivity contribution in [3.05, 3.63) is 12.7 Å². The Bertz CT molecular complexity index is 541. The van der Waals surface area contributed by atoms with Gasteiger partial charge in [-0.15, -0.1) is 0 Å². The molecular weight excluding hydrogens is 258 g/mol. The maximum Gasteiger partial charge on any atom is 0.182 e. The number of anilines is 1. The molecule has 0 saturated carbocycles. The lowest BCUT2D eigenvalue weighted by molar-refractivity contribution is 0.735. The van der Waals surface area contributed by atoms with Crippen molar-refractivity contribution >= 4 is 28.7 Å². The van der Waals surface area contributed by atoms with E-state index in [9.17, 15) is 0 Å². The van der Waals surface area contributed by atoms with Crippen LogP contribution >= 0.6 is 11.8 Å². The van der Waals surface area contributed by atoms with Gasteiger partial charge in [-0.05, 0) is 18.6 Å². The fourth-order valence-electron chi connectivity index (χ4n) is 2.66. The second kappa shape index (κ2) is 5.77. The molecule has 1 saturated heterocycles. The minimum atomic E-state index is 0.709. The number of aromatic nitrogens is 4. The normalized spacial score (nSPS) is 20.7. The summed E-state index contributed by atoms with van der Waals surface area (Å²) in [5.74, 6) is 2.19. The smallest absolute Gasteiger partial charge is 0.182 e. The van der Waals surface area contributed by atoms with Crippen LogP contribution in [0.4, 0.5) is 5.82 Å². The van der Waals surface area contributed by atoms with Crippen LogP contribution in [0.5, 0.6) is 0 Å². The quantitative estimate of drug-likeness (QED) is 0.934. The first kappa shape index (κ1) is 12.7. The molecule has 102 valence electrons. The van der Waals surface area contributed by atoms with Gasteiger partial charge in [0.25, 0.3) is 0 Å². The number of hydrogen-bond acceptors (Lipinski definition) is 5. The van der Waals surface area contributed by atoms with E-state index in [0.717, 1.165) is 30.1 Å². The van der Waals surface area contributed by atoms with Crippen LogP contribution in [0.3, 0.4) is 0 Å². The largest absolute Gasteiger partial charge is 0.354 e. The average molecular weight is 277 g/mol. The van der Waals surface area contributed by atoms with E-state index in [2.05, 4.69) is 43.5 Å². The zero-order valence-electron chi connectivity index (χ0n) is 11.2. The molecule has 0 aliphatic carbocycles. The number of nitrogens with zero attached hydrogens (tertiary/aromatic N) is 4. The molecule has 1 fully saturated rings. The molecule has 2 aromatic rings. The van der Waals surface area contributed by atoms with E-state index >= 15 is 0 Å². The maximum absolute atomic E-state index is 4.47. The second-order valence-corrected chi connectivity index (χ2v) is 6.39. The van der Waals surface area contributed by atoms with Crippen molar-refractivity contribution < 1.29 is 0 Å². The van der Waals surface area contributed by atoms with Gasteiger partial charge in [-0.2, -0.15) is 11.8 Å². The summed E-state index contributed by atoms with van der Waals surface area (Å²) in [5.41, 5.74) is 1.72. The molecule has 1 aliphatic heterocycles. The van der Waals surface area contributed by atoms with Gasteiger partial charge in [0.15, 0.2) is 11.5 Å². The average Bonchev–Trinajstić information content (AvgIpc) is 2.79. The minimum absolute atomic E-state index is 0.709. The molecule has 0 bridgehead atoms. The van der Waals surface area contributed by atoms with E-state index in [1.54, 1.807) is 12.7 Å². The lowest BCUT2D eigenvalue weighted by atomic mass is 10.2. The van der Waals surface area contributed by atoms with E-state index in [4.69, 9.17) is 0 Å². The van der Waals surface area contributed by atoms with Crippen molar-refractivity contribution in [1.82, 2.24) is 19.9 Å². The van der Waals surface area contributed by atoms with Crippen LogP contribution in [-0.4, -0.2) is 44.0 Å². The summed E-state index contributed by atoms with van der Waals surface area (Å²) < 4.78 is 0. The van der Waals surface area contributed by atoms with E-state index in [-0.39, 0.29) is 0 Å². The maximum atomic E-state index is 4.47. The summed E-state index contributed by atoms with van der Waals surface area (Å²) >= 11 is 2.06. The van der Waals surface area contributed by atoms with E-state index in [0.29, 0.717) is 5.25 Å². The SMILES string of the molecule is CCS[C@@H]1CCCCN(c2ncnc3nc[nH]c23)C1. The Morgan fingerprint density at radius 2 is 2.32 bits per heavy atom. The first-order chi connectivity index (χ1) is 9.38. The van der Waals surface area contributed by atoms with Crippen LogP contribution in [0.1, 0.15) is 26.2 Å². The zero-order valence-corrected chi connectivity index (χ0v) is 12.0. The van der Waals surface area contributed by atoms with Gasteiger partial charge in [0.2, 0.25) is 0 Å². The molecule has 1 aliphatic rings. The standard InChI is InChI=1S/C13H19N5S/c1-2-19-10-5-3-4-6-18(7-10)13-11-12(15-8-14-11)16-9-17-13/h8-10H,2-7H2,1H3,(H,14,15,16,17)/t10-/m1/s1. The van der Waals surface area contributed by atoms with Crippen molar-refractivity contribution in [3.63, 3.8) is 0 Å². The summed E-state index contributed by atoms with van der Waals surface area (Å²) in [6.45, 7) is 4.38. The molecule has 0 unspecified atom stereocenters. The molecule has 0 spiro atoms. The van der Waals surface area contributed by atoms with Crippen LogP contribution in [0.25, 0.3) is 11.2 Å². The van der Waals surface area contributed by atoms with Gasteiger partial charge >= 0.3 is 0 Å². The van der Waals surface area contributed by atoms with Crippen LogP contribution in [0, 0.1) is 0 Å². The molecule has 1 atom stereocenters. The summed E-state index contributed by atoms with van der Waals surface area (Å²) in [5, 5.41) is 0.709. The Labute approximate surface area is 117 Å². The van der Waals surface area contributed by atoms with Gasteiger partial charge in [0.1, 0.15) is 11.8 Å². The number of H-pyrrole nitrogens is 1. The molecule has 19 heavy (non-hydrogen) atoms. The second-order valence-electron chi connectivity index (χ2n) is 4.82. The van der Waals surface area contributed by atoms with Crippen LogP contribution in [-0.2, 0) is 0 Å². The highest BCUT2D eigenvalue weighted by Crippen LogP contribution is 2.27. The van der Waals surface area contributed by atoms with Crippen molar-refractivity contribution in [3.8, 4) is 0 Å². The Kier molecular flexibility index (Phi) is 3.87. The van der Waals surface area contributed by atoms with Gasteiger partial charge < -0.3 is 9.88 Å². The number of fused-ring (bicyclic) bond motifs is 1. The Morgan fingerprint density at radius 1 is 1.37 bits per heavy atom. The van der Waals surface area contributed by atoms with Gasteiger partial charge in [0.05, 0.1) is 6.33 Å². The zero-order chi connectivity index (χ0) is 13.1. The minimum Gasteiger partial charge on any atom is -0.354 e. The number of aromatic amines is 1. The van der Waals surface area contributed by atoms with Crippen LogP contribution in [0.15, 0.2) is 12.7 Å².